The minimum Gasteiger partial charge on any atom is -0.289 e. The topological polar surface area (TPSA) is 17.1 Å². The predicted molar refractivity (Wildman–Crippen MR) is 77.5 cm³/mol. The van der Waals surface area contributed by atoms with Crippen molar-refractivity contribution in [3.05, 3.63) is 91.0 Å². The summed E-state index contributed by atoms with van der Waals surface area (Å²) in [6.45, 7) is 7.02. The lowest BCUT2D eigenvalue weighted by Gasteiger charge is -1.90. The molecule has 90 valence electrons. The van der Waals surface area contributed by atoms with Crippen LogP contribution in [0.3, 0.4) is 0 Å². The van der Waals surface area contributed by atoms with Crippen molar-refractivity contribution in [1.29, 1.82) is 0 Å². The van der Waals surface area contributed by atoms with Gasteiger partial charge in [-0.25, -0.2) is 0 Å². The summed E-state index contributed by atoms with van der Waals surface area (Å²) in [4.78, 5) is 10.9. The normalized spacial score (nSPS) is 8.67. The first-order valence-corrected chi connectivity index (χ1v) is 5.67. The Labute approximate surface area is 108 Å². The molecule has 0 fully saturated rings. The van der Waals surface area contributed by atoms with Gasteiger partial charge in [0.15, 0.2) is 5.78 Å². The summed E-state index contributed by atoms with van der Waals surface area (Å²) in [6, 6.07) is 19.1. The fraction of sp³-hybridized carbons (Fsp3) is 0. The van der Waals surface area contributed by atoms with E-state index < -0.39 is 0 Å². The molecule has 0 aliphatic rings. The second-order valence-electron chi connectivity index (χ2n) is 3.55. The van der Waals surface area contributed by atoms with Gasteiger partial charge in [0.1, 0.15) is 0 Å². The van der Waals surface area contributed by atoms with Crippen molar-refractivity contribution in [2.45, 2.75) is 0 Å². The smallest absolute Gasteiger partial charge is 0.185 e. The van der Waals surface area contributed by atoms with Gasteiger partial charge in [0.05, 0.1) is 0 Å². The third kappa shape index (κ3) is 4.62. The Morgan fingerprint density at radius 2 is 1.33 bits per heavy atom. The summed E-state index contributed by atoms with van der Waals surface area (Å²) in [7, 11) is 0. The van der Waals surface area contributed by atoms with Crippen LogP contribution in [0, 0.1) is 0 Å². The van der Waals surface area contributed by atoms with Crippen molar-refractivity contribution in [2.75, 3.05) is 0 Å². The van der Waals surface area contributed by atoms with Crippen molar-refractivity contribution in [1.82, 2.24) is 0 Å². The number of carbonyl (C=O) groups excluding carboxylic acids is 1. The Kier molecular flexibility index (Phi) is 5.91. The van der Waals surface area contributed by atoms with E-state index >= 15 is 0 Å². The van der Waals surface area contributed by atoms with Crippen LogP contribution in [-0.4, -0.2) is 5.78 Å². The molecule has 0 N–H and O–H groups in total. The number of allylic oxidation sites excluding steroid dienone is 1. The van der Waals surface area contributed by atoms with Crippen LogP contribution < -0.4 is 0 Å². The number of benzene rings is 2. The summed E-state index contributed by atoms with van der Waals surface area (Å²) in [6.07, 6.45) is 3.15. The highest BCUT2D eigenvalue weighted by Crippen LogP contribution is 1.99. The Morgan fingerprint density at radius 3 is 1.72 bits per heavy atom. The van der Waals surface area contributed by atoms with Gasteiger partial charge in [0.2, 0.25) is 0 Å². The van der Waals surface area contributed by atoms with Gasteiger partial charge in [-0.2, -0.15) is 0 Å². The van der Waals surface area contributed by atoms with Crippen LogP contribution >= 0.6 is 0 Å². The molecule has 0 aliphatic heterocycles. The molecule has 18 heavy (non-hydrogen) atoms. The van der Waals surface area contributed by atoms with Crippen LogP contribution in [0.1, 0.15) is 15.9 Å². The Morgan fingerprint density at radius 1 is 0.833 bits per heavy atom. The minimum atomic E-state index is -0.0272. The molecule has 1 nitrogen and oxygen atoms in total. The van der Waals surface area contributed by atoms with Gasteiger partial charge < -0.3 is 0 Å². The summed E-state index contributed by atoms with van der Waals surface area (Å²) >= 11 is 0. The average Bonchev–Trinajstić information content (AvgIpc) is 2.49. The van der Waals surface area contributed by atoms with Crippen LogP contribution in [0.25, 0.3) is 6.08 Å². The van der Waals surface area contributed by atoms with Crippen molar-refractivity contribution >= 4 is 11.9 Å². The molecular weight excluding hydrogens is 220 g/mol. The van der Waals surface area contributed by atoms with E-state index in [4.69, 9.17) is 0 Å². The average molecular weight is 236 g/mol. The van der Waals surface area contributed by atoms with Crippen molar-refractivity contribution in [3.63, 3.8) is 0 Å². The molecule has 2 aromatic rings. The maximum atomic E-state index is 10.9. The molecule has 0 aromatic heterocycles. The first kappa shape index (κ1) is 13.7. The van der Waals surface area contributed by atoms with Gasteiger partial charge in [-0.15, -0.1) is 0 Å². The molecule has 2 rings (SSSR count). The molecule has 0 saturated carbocycles. The van der Waals surface area contributed by atoms with Crippen molar-refractivity contribution < 1.29 is 4.79 Å². The van der Waals surface area contributed by atoms with Crippen LogP contribution in [0.5, 0.6) is 0 Å². The number of ketones is 1. The van der Waals surface area contributed by atoms with Crippen molar-refractivity contribution in [3.8, 4) is 0 Å². The molecule has 1 heteroatoms. The van der Waals surface area contributed by atoms with E-state index in [1.807, 2.05) is 54.6 Å². The van der Waals surface area contributed by atoms with Crippen LogP contribution in [0.4, 0.5) is 0 Å². The molecule has 0 aliphatic carbocycles. The zero-order chi connectivity index (χ0) is 13.2. The maximum Gasteiger partial charge on any atom is 0.185 e. The number of rotatable bonds is 3. The number of hydrogen-bond acceptors (Lipinski definition) is 1. The Hall–Kier alpha value is -2.41. The van der Waals surface area contributed by atoms with Gasteiger partial charge in [0, 0.05) is 5.56 Å². The van der Waals surface area contributed by atoms with E-state index in [2.05, 4.69) is 13.2 Å². The highest BCUT2D eigenvalue weighted by molar-refractivity contribution is 6.04. The van der Waals surface area contributed by atoms with Gasteiger partial charge in [-0.1, -0.05) is 79.9 Å². The molecule has 0 bridgehead atoms. The fourth-order valence-electron chi connectivity index (χ4n) is 1.31. The fourth-order valence-corrected chi connectivity index (χ4v) is 1.31. The summed E-state index contributed by atoms with van der Waals surface area (Å²) < 4.78 is 0. The quantitative estimate of drug-likeness (QED) is 0.570. The summed E-state index contributed by atoms with van der Waals surface area (Å²) in [5, 5.41) is 0. The molecule has 0 heterocycles. The summed E-state index contributed by atoms with van der Waals surface area (Å²) in [5.74, 6) is -0.0272. The molecule has 2 aromatic carbocycles. The van der Waals surface area contributed by atoms with Gasteiger partial charge in [-0.3, -0.25) is 4.79 Å². The van der Waals surface area contributed by atoms with E-state index in [9.17, 15) is 4.79 Å². The number of hydrogen-bond donors (Lipinski definition) is 0. The highest BCUT2D eigenvalue weighted by atomic mass is 16.1. The molecule has 0 unspecified atom stereocenters. The van der Waals surface area contributed by atoms with Crippen LogP contribution in [0.2, 0.25) is 0 Å². The number of carbonyl (C=O) groups is 1. The predicted octanol–water partition coefficient (Wildman–Crippen LogP) is 4.38. The molecule has 0 atom stereocenters. The van der Waals surface area contributed by atoms with Gasteiger partial charge in [0.25, 0.3) is 0 Å². The van der Waals surface area contributed by atoms with Gasteiger partial charge >= 0.3 is 0 Å². The maximum absolute atomic E-state index is 10.9. The van der Waals surface area contributed by atoms with E-state index in [1.54, 1.807) is 12.1 Å². The molecule has 0 spiro atoms. The molecule has 0 saturated heterocycles. The van der Waals surface area contributed by atoms with Crippen LogP contribution in [-0.2, 0) is 0 Å². The lowest BCUT2D eigenvalue weighted by Crippen LogP contribution is -1.90. The Balaban J connectivity index is 0.000000184. The lowest BCUT2D eigenvalue weighted by atomic mass is 10.1. The van der Waals surface area contributed by atoms with E-state index in [1.165, 1.54) is 11.6 Å². The van der Waals surface area contributed by atoms with Gasteiger partial charge in [-0.05, 0) is 11.6 Å². The third-order valence-electron chi connectivity index (χ3n) is 2.28. The lowest BCUT2D eigenvalue weighted by molar-refractivity contribution is 0.104. The zero-order valence-electron chi connectivity index (χ0n) is 10.3. The van der Waals surface area contributed by atoms with E-state index in [-0.39, 0.29) is 5.78 Å². The highest BCUT2D eigenvalue weighted by Gasteiger charge is 1.95. The molecule has 0 amide bonds. The minimum absolute atomic E-state index is 0.0272. The third-order valence-corrected chi connectivity index (χ3v) is 2.28. The largest absolute Gasteiger partial charge is 0.289 e. The second kappa shape index (κ2) is 7.80. The standard InChI is InChI=1S/C9H8O.C8H8/c1-2-9(10)8-6-4-3-5-7-8;1-2-8-6-4-3-5-7-8/h2-7H,1H2;2-7H,1H2. The van der Waals surface area contributed by atoms with Crippen LogP contribution in [0.15, 0.2) is 79.9 Å². The monoisotopic (exact) mass is 236 g/mol. The molecule has 0 radical (unpaired) electrons. The van der Waals surface area contributed by atoms with E-state index in [0.29, 0.717) is 5.56 Å². The summed E-state index contributed by atoms with van der Waals surface area (Å²) in [5.41, 5.74) is 1.87. The first-order chi connectivity index (χ1) is 8.77. The van der Waals surface area contributed by atoms with E-state index in [0.717, 1.165) is 0 Å². The Bertz CT molecular complexity index is 498. The zero-order valence-corrected chi connectivity index (χ0v) is 10.3. The SMILES string of the molecule is C=CC(=O)c1ccccc1.C=Cc1ccccc1. The van der Waals surface area contributed by atoms with Crippen molar-refractivity contribution in [2.24, 2.45) is 0 Å². The first-order valence-electron chi connectivity index (χ1n) is 5.67. The molecular formula is C17H16O. The second-order valence-corrected chi connectivity index (χ2v) is 3.55.